The highest BCUT2D eigenvalue weighted by atomic mass is 32.2. The fourth-order valence-corrected chi connectivity index (χ4v) is 3.49. The van der Waals surface area contributed by atoms with Gasteiger partial charge in [-0.1, -0.05) is 11.8 Å². The molecule has 166 valence electrons. The van der Waals surface area contributed by atoms with E-state index in [0.717, 1.165) is 19.2 Å². The van der Waals surface area contributed by atoms with Gasteiger partial charge in [0.15, 0.2) is 0 Å². The van der Waals surface area contributed by atoms with Crippen molar-refractivity contribution in [1.82, 2.24) is 4.90 Å². The number of nitrogens with zero attached hydrogens (tertiary/aromatic N) is 1. The van der Waals surface area contributed by atoms with Gasteiger partial charge in [-0.25, -0.2) is 4.39 Å². The lowest BCUT2D eigenvalue weighted by Gasteiger charge is -2.26. The second kappa shape index (κ2) is 11.2. The van der Waals surface area contributed by atoms with Crippen LogP contribution in [0.5, 0.6) is 0 Å². The Hall–Kier alpha value is -2.56. The molecule has 2 N–H and O–H groups in total. The van der Waals surface area contributed by atoms with Crippen molar-refractivity contribution in [2.75, 3.05) is 43.5 Å². The minimum absolute atomic E-state index is 0.0338. The van der Waals surface area contributed by atoms with E-state index >= 15 is 0 Å². The summed E-state index contributed by atoms with van der Waals surface area (Å²) in [5.41, 5.74) is 0.522. The zero-order chi connectivity index (χ0) is 22.2. The maximum Gasteiger partial charge on any atom is 0.288 e. The molecule has 0 aliphatic carbocycles. The number of alkyl halides is 2. The number of hydrogen-bond donors (Lipinski definition) is 2. The number of thioether (sulfide) groups is 1. The van der Waals surface area contributed by atoms with Gasteiger partial charge in [-0.15, -0.1) is 0 Å². The molecule has 1 saturated heterocycles. The third-order valence-electron chi connectivity index (χ3n) is 4.60. The summed E-state index contributed by atoms with van der Waals surface area (Å²) < 4.78 is 44.1. The van der Waals surface area contributed by atoms with Crippen LogP contribution in [-0.4, -0.2) is 55.3 Å². The molecule has 10 heteroatoms. The number of carbonyl (C=O) groups excluding carboxylic acids is 2. The first kappa shape index (κ1) is 23.1. The van der Waals surface area contributed by atoms with Gasteiger partial charge < -0.3 is 15.4 Å². The average molecular weight is 453 g/mol. The number of morpholine rings is 1. The van der Waals surface area contributed by atoms with Crippen LogP contribution in [0, 0.1) is 5.82 Å². The van der Waals surface area contributed by atoms with Crippen molar-refractivity contribution < 1.29 is 27.5 Å². The van der Waals surface area contributed by atoms with Crippen molar-refractivity contribution in [3.63, 3.8) is 0 Å². The molecule has 0 saturated carbocycles. The minimum atomic E-state index is -2.54. The van der Waals surface area contributed by atoms with Crippen molar-refractivity contribution in [2.45, 2.75) is 17.1 Å². The number of nitrogens with one attached hydrogen (secondary N) is 2. The Morgan fingerprint density at radius 3 is 2.45 bits per heavy atom. The van der Waals surface area contributed by atoms with Crippen LogP contribution in [0.2, 0.25) is 0 Å². The lowest BCUT2D eigenvalue weighted by atomic mass is 10.2. The number of rotatable bonds is 8. The second-order valence-corrected chi connectivity index (χ2v) is 7.87. The van der Waals surface area contributed by atoms with Gasteiger partial charge in [0.2, 0.25) is 5.91 Å². The van der Waals surface area contributed by atoms with E-state index in [1.54, 1.807) is 0 Å². The van der Waals surface area contributed by atoms with Gasteiger partial charge in [-0.05, 0) is 42.5 Å². The molecule has 0 bridgehead atoms. The summed E-state index contributed by atoms with van der Waals surface area (Å²) in [4.78, 5) is 27.0. The summed E-state index contributed by atoms with van der Waals surface area (Å²) in [5, 5.41) is 5.14. The molecule has 2 aromatic rings. The topological polar surface area (TPSA) is 70.7 Å². The predicted molar refractivity (Wildman–Crippen MR) is 113 cm³/mol. The number of hydrogen-bond acceptors (Lipinski definition) is 5. The van der Waals surface area contributed by atoms with Crippen LogP contribution >= 0.6 is 11.8 Å². The number of anilines is 2. The molecule has 3 rings (SSSR count). The van der Waals surface area contributed by atoms with E-state index in [0.29, 0.717) is 42.1 Å². The SMILES string of the molecule is O=C(CCN1CCOCC1)Nc1cc(NC(=O)c2ccc(SC(F)F)cc2)ccc1F. The number of benzene rings is 2. The molecule has 0 unspecified atom stereocenters. The van der Waals surface area contributed by atoms with Gasteiger partial charge >= 0.3 is 0 Å². The molecule has 0 spiro atoms. The van der Waals surface area contributed by atoms with E-state index in [1.165, 1.54) is 36.4 Å². The largest absolute Gasteiger partial charge is 0.379 e. The molecule has 0 radical (unpaired) electrons. The molecule has 6 nitrogen and oxygen atoms in total. The van der Waals surface area contributed by atoms with E-state index in [2.05, 4.69) is 15.5 Å². The van der Waals surface area contributed by atoms with Crippen molar-refractivity contribution in [3.8, 4) is 0 Å². The van der Waals surface area contributed by atoms with Crippen LogP contribution in [0.15, 0.2) is 47.4 Å². The van der Waals surface area contributed by atoms with Crippen molar-refractivity contribution in [2.24, 2.45) is 0 Å². The van der Waals surface area contributed by atoms with Crippen LogP contribution in [0.1, 0.15) is 16.8 Å². The van der Waals surface area contributed by atoms with Crippen LogP contribution in [0.4, 0.5) is 24.5 Å². The van der Waals surface area contributed by atoms with Crippen molar-refractivity contribution in [1.29, 1.82) is 0 Å². The van der Waals surface area contributed by atoms with E-state index in [9.17, 15) is 22.8 Å². The van der Waals surface area contributed by atoms with Gasteiger partial charge in [0.05, 0.1) is 18.9 Å². The molecule has 1 aliphatic heterocycles. The van der Waals surface area contributed by atoms with Crippen molar-refractivity contribution >= 4 is 35.0 Å². The number of carbonyl (C=O) groups is 2. The fraction of sp³-hybridized carbons (Fsp3) is 0.333. The third kappa shape index (κ3) is 7.27. The Morgan fingerprint density at radius 2 is 1.77 bits per heavy atom. The number of halogens is 3. The maximum atomic E-state index is 14.1. The van der Waals surface area contributed by atoms with Gasteiger partial charge in [-0.3, -0.25) is 14.5 Å². The quantitative estimate of drug-likeness (QED) is 0.590. The molecule has 0 aromatic heterocycles. The molecular formula is C21H22F3N3O3S. The summed E-state index contributed by atoms with van der Waals surface area (Å²) in [6.07, 6.45) is 0.207. The summed E-state index contributed by atoms with van der Waals surface area (Å²) >= 11 is 0.389. The van der Waals surface area contributed by atoms with E-state index < -0.39 is 17.5 Å². The second-order valence-electron chi connectivity index (χ2n) is 6.80. The Balaban J connectivity index is 1.57. The highest BCUT2D eigenvalue weighted by Gasteiger charge is 2.14. The van der Waals surface area contributed by atoms with Gasteiger partial charge in [0, 0.05) is 42.2 Å². The minimum Gasteiger partial charge on any atom is -0.379 e. The average Bonchev–Trinajstić information content (AvgIpc) is 2.75. The summed E-state index contributed by atoms with van der Waals surface area (Å²) in [6, 6.07) is 9.57. The Labute approximate surface area is 182 Å². The lowest BCUT2D eigenvalue weighted by Crippen LogP contribution is -2.38. The lowest BCUT2D eigenvalue weighted by molar-refractivity contribution is -0.116. The summed E-state index contributed by atoms with van der Waals surface area (Å²) in [5.74, 6) is -3.97. The van der Waals surface area contributed by atoms with Gasteiger partial charge in [-0.2, -0.15) is 8.78 Å². The van der Waals surface area contributed by atoms with Gasteiger partial charge in [0.1, 0.15) is 5.82 Å². The highest BCUT2D eigenvalue weighted by Crippen LogP contribution is 2.25. The predicted octanol–water partition coefficient (Wildman–Crippen LogP) is 4.05. The molecular weight excluding hydrogens is 431 g/mol. The fourth-order valence-electron chi connectivity index (χ4n) is 2.99. The summed E-state index contributed by atoms with van der Waals surface area (Å²) in [7, 11) is 0. The monoisotopic (exact) mass is 453 g/mol. The molecule has 2 aromatic carbocycles. The molecule has 1 fully saturated rings. The smallest absolute Gasteiger partial charge is 0.288 e. The van der Waals surface area contributed by atoms with Gasteiger partial charge in [0.25, 0.3) is 11.7 Å². The summed E-state index contributed by atoms with van der Waals surface area (Å²) in [6.45, 7) is 3.32. The Morgan fingerprint density at radius 1 is 1.06 bits per heavy atom. The number of amides is 2. The Kier molecular flexibility index (Phi) is 8.33. The van der Waals surface area contributed by atoms with E-state index in [1.807, 2.05) is 0 Å². The first-order valence-electron chi connectivity index (χ1n) is 9.66. The molecule has 2 amide bonds. The Bertz CT molecular complexity index is 906. The molecule has 1 aliphatic rings. The molecule has 31 heavy (non-hydrogen) atoms. The normalized spacial score (nSPS) is 14.5. The number of ether oxygens (including phenoxy) is 1. The van der Waals surface area contributed by atoms with E-state index in [-0.39, 0.29) is 23.6 Å². The third-order valence-corrected chi connectivity index (χ3v) is 5.32. The van der Waals surface area contributed by atoms with Crippen molar-refractivity contribution in [3.05, 3.63) is 53.8 Å². The molecule has 1 heterocycles. The van der Waals surface area contributed by atoms with Crippen LogP contribution in [-0.2, 0) is 9.53 Å². The van der Waals surface area contributed by atoms with E-state index in [4.69, 9.17) is 4.74 Å². The molecule has 0 atom stereocenters. The van der Waals surface area contributed by atoms with Crippen LogP contribution in [0.25, 0.3) is 0 Å². The zero-order valence-electron chi connectivity index (χ0n) is 16.6. The first-order valence-corrected chi connectivity index (χ1v) is 10.5. The van der Waals surface area contributed by atoms with Crippen LogP contribution < -0.4 is 10.6 Å². The van der Waals surface area contributed by atoms with Crippen LogP contribution in [0.3, 0.4) is 0 Å². The first-order chi connectivity index (χ1) is 14.9. The highest BCUT2D eigenvalue weighted by molar-refractivity contribution is 7.99. The standard InChI is InChI=1S/C21H22F3N3O3S/c22-17-6-3-15(25-20(29)14-1-4-16(5-2-14)31-21(23)24)13-18(17)26-19(28)7-8-27-9-11-30-12-10-27/h1-6,13,21H,7-12H2,(H,25,29)(H,26,28). The zero-order valence-corrected chi connectivity index (χ0v) is 17.4. The maximum absolute atomic E-state index is 14.1.